The molecule has 1 aliphatic heterocycles. The Morgan fingerprint density at radius 3 is 2.24 bits per heavy atom. The second kappa shape index (κ2) is 10.1. The molecule has 0 radical (unpaired) electrons. The van der Waals surface area contributed by atoms with E-state index in [2.05, 4.69) is 26.1 Å². The van der Waals surface area contributed by atoms with E-state index in [9.17, 15) is 18.5 Å². The molecule has 4 rings (SSSR count). The molecular weight excluding hydrogens is 520 g/mol. The minimum atomic E-state index is -3.57. The first-order valence-electron chi connectivity index (χ1n) is 10.9. The molecule has 10 heteroatoms. The summed E-state index contributed by atoms with van der Waals surface area (Å²) in [6.07, 6.45) is 0. The lowest BCUT2D eigenvalue weighted by atomic mass is 10.1. The molecule has 1 aliphatic rings. The van der Waals surface area contributed by atoms with E-state index in [0.717, 1.165) is 15.7 Å². The standard InChI is InChI=1S/C24H25BrN4O4S/c1-18(19-5-3-2-4-6-19)26-23-17-21(9-12-24(23)29(30)31)27-13-15-28(16-14-27)34(32,33)22-10-7-20(25)8-11-22/h2-12,17-18,26H,13-16H2,1H3/t18-/m0/s1. The van der Waals surface area contributed by atoms with Crippen LogP contribution < -0.4 is 10.2 Å². The third-order valence-electron chi connectivity index (χ3n) is 5.90. The molecule has 8 nitrogen and oxygen atoms in total. The summed E-state index contributed by atoms with van der Waals surface area (Å²) in [5.74, 6) is 0. The predicted molar refractivity (Wildman–Crippen MR) is 137 cm³/mol. The van der Waals surface area contributed by atoms with E-state index in [-0.39, 0.29) is 16.6 Å². The number of sulfonamides is 1. The number of nitrogens with one attached hydrogen (secondary N) is 1. The second-order valence-corrected chi connectivity index (χ2v) is 10.9. The molecular formula is C24H25BrN4O4S. The van der Waals surface area contributed by atoms with Crippen LogP contribution in [0.2, 0.25) is 0 Å². The van der Waals surface area contributed by atoms with Crippen molar-refractivity contribution in [2.45, 2.75) is 17.9 Å². The van der Waals surface area contributed by atoms with Crippen LogP contribution in [0.4, 0.5) is 17.1 Å². The Balaban J connectivity index is 1.50. The number of nitro groups is 1. The van der Waals surface area contributed by atoms with Crippen LogP contribution in [0, 0.1) is 10.1 Å². The Morgan fingerprint density at radius 2 is 1.62 bits per heavy atom. The fraction of sp³-hybridized carbons (Fsp3) is 0.250. The van der Waals surface area contributed by atoms with Gasteiger partial charge in [-0.3, -0.25) is 10.1 Å². The molecule has 1 fully saturated rings. The number of hydrogen-bond donors (Lipinski definition) is 1. The van der Waals surface area contributed by atoms with Gasteiger partial charge >= 0.3 is 0 Å². The number of halogens is 1. The van der Waals surface area contributed by atoms with Crippen molar-refractivity contribution < 1.29 is 13.3 Å². The Hall–Kier alpha value is -2.95. The quantitative estimate of drug-likeness (QED) is 0.330. The van der Waals surface area contributed by atoms with Gasteiger partial charge in [-0.05, 0) is 48.9 Å². The summed E-state index contributed by atoms with van der Waals surface area (Å²) in [5, 5.41) is 14.9. The molecule has 0 amide bonds. The maximum absolute atomic E-state index is 13.0. The van der Waals surface area contributed by atoms with Crippen LogP contribution in [0.5, 0.6) is 0 Å². The number of rotatable bonds is 7. The van der Waals surface area contributed by atoms with Crippen molar-refractivity contribution in [2.24, 2.45) is 0 Å². The van der Waals surface area contributed by atoms with E-state index in [1.54, 1.807) is 36.4 Å². The first kappa shape index (κ1) is 24.2. The maximum Gasteiger partial charge on any atom is 0.292 e. The summed E-state index contributed by atoms with van der Waals surface area (Å²) >= 11 is 3.33. The lowest BCUT2D eigenvalue weighted by Gasteiger charge is -2.35. The van der Waals surface area contributed by atoms with E-state index >= 15 is 0 Å². The third kappa shape index (κ3) is 5.24. The van der Waals surface area contributed by atoms with Gasteiger partial charge in [0, 0.05) is 48.4 Å². The molecule has 0 aliphatic carbocycles. The molecule has 34 heavy (non-hydrogen) atoms. The van der Waals surface area contributed by atoms with Gasteiger partial charge in [0.05, 0.1) is 9.82 Å². The number of benzene rings is 3. The zero-order valence-corrected chi connectivity index (χ0v) is 21.0. The smallest absolute Gasteiger partial charge is 0.292 e. The first-order chi connectivity index (χ1) is 16.3. The van der Waals surface area contributed by atoms with Gasteiger partial charge < -0.3 is 10.2 Å². The van der Waals surface area contributed by atoms with Crippen LogP contribution in [0.25, 0.3) is 0 Å². The molecule has 1 N–H and O–H groups in total. The summed E-state index contributed by atoms with van der Waals surface area (Å²) in [4.78, 5) is 13.5. The van der Waals surface area contributed by atoms with Gasteiger partial charge in [0.25, 0.3) is 5.69 Å². The highest BCUT2D eigenvalue weighted by Gasteiger charge is 2.29. The summed E-state index contributed by atoms with van der Waals surface area (Å²) in [7, 11) is -3.57. The molecule has 1 saturated heterocycles. The van der Waals surface area contributed by atoms with Crippen molar-refractivity contribution in [1.82, 2.24) is 4.31 Å². The van der Waals surface area contributed by atoms with Crippen LogP contribution in [-0.2, 0) is 10.0 Å². The highest BCUT2D eigenvalue weighted by molar-refractivity contribution is 9.10. The topological polar surface area (TPSA) is 95.8 Å². The van der Waals surface area contributed by atoms with Crippen LogP contribution in [0.15, 0.2) is 82.2 Å². The van der Waals surface area contributed by atoms with E-state index < -0.39 is 14.9 Å². The predicted octanol–water partition coefficient (Wildman–Crippen LogP) is 5.04. The van der Waals surface area contributed by atoms with Crippen molar-refractivity contribution in [3.8, 4) is 0 Å². The highest BCUT2D eigenvalue weighted by atomic mass is 79.9. The van der Waals surface area contributed by atoms with E-state index in [0.29, 0.717) is 31.9 Å². The normalized spacial score (nSPS) is 15.6. The third-order valence-corrected chi connectivity index (χ3v) is 8.35. The van der Waals surface area contributed by atoms with E-state index in [4.69, 9.17) is 0 Å². The molecule has 0 saturated carbocycles. The van der Waals surface area contributed by atoms with Crippen LogP contribution in [-0.4, -0.2) is 43.8 Å². The summed E-state index contributed by atoms with van der Waals surface area (Å²) in [5.41, 5.74) is 2.27. The lowest BCUT2D eigenvalue weighted by molar-refractivity contribution is -0.384. The van der Waals surface area contributed by atoms with Gasteiger partial charge in [-0.25, -0.2) is 8.42 Å². The Morgan fingerprint density at radius 1 is 0.971 bits per heavy atom. The molecule has 0 aromatic heterocycles. The fourth-order valence-corrected chi connectivity index (χ4v) is 5.68. The number of nitro benzene ring substituents is 1. The van der Waals surface area contributed by atoms with Gasteiger partial charge in [0.2, 0.25) is 10.0 Å². The molecule has 3 aromatic rings. The Labute approximate surface area is 207 Å². The van der Waals surface area contributed by atoms with Gasteiger partial charge in [0.1, 0.15) is 5.69 Å². The minimum Gasteiger partial charge on any atom is -0.373 e. The van der Waals surface area contributed by atoms with Crippen molar-refractivity contribution in [1.29, 1.82) is 0 Å². The summed E-state index contributed by atoms with van der Waals surface area (Å²) in [6.45, 7) is 3.59. The Bertz CT molecular complexity index is 1260. The molecule has 3 aromatic carbocycles. The van der Waals surface area contributed by atoms with Crippen LogP contribution in [0.1, 0.15) is 18.5 Å². The van der Waals surface area contributed by atoms with Gasteiger partial charge in [0.15, 0.2) is 0 Å². The Kier molecular flexibility index (Phi) is 7.20. The number of hydrogen-bond acceptors (Lipinski definition) is 6. The molecule has 178 valence electrons. The van der Waals surface area contributed by atoms with Crippen molar-refractivity contribution in [2.75, 3.05) is 36.4 Å². The average Bonchev–Trinajstić information content (AvgIpc) is 2.84. The van der Waals surface area contributed by atoms with Gasteiger partial charge in [-0.1, -0.05) is 46.3 Å². The molecule has 0 spiro atoms. The van der Waals surface area contributed by atoms with Crippen LogP contribution >= 0.6 is 15.9 Å². The van der Waals surface area contributed by atoms with Crippen molar-refractivity contribution in [3.05, 3.63) is 92.9 Å². The highest BCUT2D eigenvalue weighted by Crippen LogP contribution is 2.33. The summed E-state index contributed by atoms with van der Waals surface area (Å²) in [6, 6.07) is 21.2. The van der Waals surface area contributed by atoms with Crippen molar-refractivity contribution in [3.63, 3.8) is 0 Å². The number of piperazine rings is 1. The molecule has 0 bridgehead atoms. The van der Waals surface area contributed by atoms with E-state index in [1.165, 1.54) is 10.4 Å². The summed E-state index contributed by atoms with van der Waals surface area (Å²) < 4.78 is 28.3. The SMILES string of the molecule is C[C@H](Nc1cc(N2CCN(S(=O)(=O)c3ccc(Br)cc3)CC2)ccc1[N+](=O)[O-])c1ccccc1. The van der Waals surface area contributed by atoms with Gasteiger partial charge in [-0.15, -0.1) is 0 Å². The molecule has 1 heterocycles. The van der Waals surface area contributed by atoms with Crippen LogP contribution in [0.3, 0.4) is 0 Å². The monoisotopic (exact) mass is 544 g/mol. The van der Waals surface area contributed by atoms with Crippen molar-refractivity contribution >= 4 is 43.0 Å². The fourth-order valence-electron chi connectivity index (χ4n) is 4.00. The van der Waals surface area contributed by atoms with Gasteiger partial charge in [-0.2, -0.15) is 4.31 Å². The average molecular weight is 545 g/mol. The maximum atomic E-state index is 13.0. The largest absolute Gasteiger partial charge is 0.373 e. The van der Waals surface area contributed by atoms with E-state index in [1.807, 2.05) is 37.3 Å². The zero-order chi connectivity index (χ0) is 24.3. The molecule has 1 atom stereocenters. The number of anilines is 2. The second-order valence-electron chi connectivity index (χ2n) is 8.08. The lowest BCUT2D eigenvalue weighted by Crippen LogP contribution is -2.48. The zero-order valence-electron chi connectivity index (χ0n) is 18.6. The number of nitrogens with zero attached hydrogens (tertiary/aromatic N) is 3. The minimum absolute atomic E-state index is 0.00276. The molecule has 0 unspecified atom stereocenters. The first-order valence-corrected chi connectivity index (χ1v) is 13.1.